The molecule has 0 radical (unpaired) electrons. The average molecular weight is 208 g/mol. The van der Waals surface area contributed by atoms with Crippen LogP contribution in [0.25, 0.3) is 0 Å². The van der Waals surface area contributed by atoms with Crippen molar-refractivity contribution in [3.8, 4) is 0 Å². The standard InChI is InChI=1S/C5H8N2O5S/c1-3(8)6-4(5(9)10)2-13-7(11)12/h4H,2H2,1H3,(H,6,8)(H,9,10)/t4-/m0/s1. The minimum absolute atomic E-state index is 0.236. The van der Waals surface area contributed by atoms with Crippen LogP contribution in [0.3, 0.4) is 0 Å². The molecule has 0 rings (SSSR count). The normalized spacial score (nSPS) is 11.8. The number of amides is 1. The van der Waals surface area contributed by atoms with E-state index in [0.717, 1.165) is 6.92 Å². The molecule has 0 bridgehead atoms. The molecule has 0 aromatic rings. The van der Waals surface area contributed by atoms with Crippen LogP contribution in [-0.2, 0) is 9.59 Å². The third kappa shape index (κ3) is 5.91. The summed E-state index contributed by atoms with van der Waals surface area (Å²) in [5, 5.41) is 20.4. The van der Waals surface area contributed by atoms with Gasteiger partial charge in [-0.3, -0.25) is 14.9 Å². The van der Waals surface area contributed by atoms with Gasteiger partial charge in [-0.2, -0.15) is 0 Å². The van der Waals surface area contributed by atoms with Gasteiger partial charge in [0.05, 0.1) is 5.75 Å². The van der Waals surface area contributed by atoms with E-state index in [1.807, 2.05) is 0 Å². The lowest BCUT2D eigenvalue weighted by molar-refractivity contribution is -0.284. The number of hydrogen-bond acceptors (Lipinski definition) is 5. The van der Waals surface area contributed by atoms with Gasteiger partial charge in [0.15, 0.2) is 0 Å². The fraction of sp³-hybridized carbons (Fsp3) is 0.600. The zero-order valence-electron chi connectivity index (χ0n) is 6.72. The van der Waals surface area contributed by atoms with Gasteiger partial charge in [0.1, 0.15) is 10.4 Å². The Morgan fingerprint density at radius 2 is 2.23 bits per heavy atom. The fourth-order valence-corrected chi connectivity index (χ4v) is 1.05. The molecule has 0 unspecified atom stereocenters. The molecular formula is C5H8N2O5S. The van der Waals surface area contributed by atoms with Crippen molar-refractivity contribution < 1.29 is 19.0 Å². The quantitative estimate of drug-likeness (QED) is 0.358. The first-order valence-electron chi connectivity index (χ1n) is 3.20. The number of nitrogens with one attached hydrogen (secondary N) is 1. The molecule has 0 aliphatic heterocycles. The van der Waals surface area contributed by atoms with Crippen molar-refractivity contribution in [3.05, 3.63) is 10.1 Å². The van der Waals surface area contributed by atoms with Crippen LogP contribution in [-0.4, -0.2) is 33.1 Å². The van der Waals surface area contributed by atoms with E-state index in [-0.39, 0.29) is 17.7 Å². The molecule has 1 amide bonds. The first-order valence-corrected chi connectivity index (χ1v) is 4.15. The summed E-state index contributed by atoms with van der Waals surface area (Å²) in [7, 11) is 0. The van der Waals surface area contributed by atoms with E-state index >= 15 is 0 Å². The van der Waals surface area contributed by atoms with E-state index in [0.29, 0.717) is 0 Å². The van der Waals surface area contributed by atoms with Crippen molar-refractivity contribution >= 4 is 23.8 Å². The molecule has 0 heterocycles. The number of carboxylic acid groups (broad SMARTS) is 1. The maximum Gasteiger partial charge on any atom is 0.327 e. The average Bonchev–Trinajstić information content (AvgIpc) is 1.96. The van der Waals surface area contributed by atoms with Gasteiger partial charge in [0.25, 0.3) is 0 Å². The first kappa shape index (κ1) is 11.7. The SMILES string of the molecule is CC(=O)N[C@@H](CS[N+](=O)[O-])C(=O)O. The summed E-state index contributed by atoms with van der Waals surface area (Å²) in [6.45, 7) is 1.15. The number of carbonyl (C=O) groups excluding carboxylic acids is 1. The Morgan fingerprint density at radius 3 is 2.54 bits per heavy atom. The number of carbonyl (C=O) groups is 2. The number of carboxylic acids is 1. The summed E-state index contributed by atoms with van der Waals surface area (Å²) < 4.78 is -0.711. The van der Waals surface area contributed by atoms with Gasteiger partial charge in [-0.05, 0) is 0 Å². The molecule has 1 atom stereocenters. The minimum Gasteiger partial charge on any atom is -0.480 e. The van der Waals surface area contributed by atoms with Crippen molar-refractivity contribution in [1.82, 2.24) is 5.32 Å². The Balaban J connectivity index is 4.02. The Kier molecular flexibility index (Phi) is 4.82. The summed E-state index contributed by atoms with van der Waals surface area (Å²) in [5.41, 5.74) is 0. The monoisotopic (exact) mass is 208 g/mol. The summed E-state index contributed by atoms with van der Waals surface area (Å²) in [6, 6.07) is -1.21. The van der Waals surface area contributed by atoms with Gasteiger partial charge in [0, 0.05) is 6.92 Å². The molecule has 2 N–H and O–H groups in total. The molecule has 0 fully saturated rings. The van der Waals surface area contributed by atoms with E-state index in [1.54, 1.807) is 0 Å². The van der Waals surface area contributed by atoms with Crippen molar-refractivity contribution in [2.24, 2.45) is 0 Å². The van der Waals surface area contributed by atoms with Crippen LogP contribution in [0.1, 0.15) is 6.92 Å². The molecule has 0 saturated carbocycles. The van der Waals surface area contributed by atoms with Crippen molar-refractivity contribution in [3.63, 3.8) is 0 Å². The molecule has 13 heavy (non-hydrogen) atoms. The van der Waals surface area contributed by atoms with Crippen LogP contribution in [0.15, 0.2) is 0 Å². The van der Waals surface area contributed by atoms with E-state index in [4.69, 9.17) is 5.11 Å². The molecule has 7 nitrogen and oxygen atoms in total. The summed E-state index contributed by atoms with van der Waals surface area (Å²) in [5.74, 6) is -2.11. The second-order valence-corrected chi connectivity index (χ2v) is 3.00. The molecule has 0 aromatic heterocycles. The largest absolute Gasteiger partial charge is 0.480 e. The summed E-state index contributed by atoms with van der Waals surface area (Å²) in [4.78, 5) is 30.7. The van der Waals surface area contributed by atoms with Crippen molar-refractivity contribution in [1.29, 1.82) is 0 Å². The predicted octanol–water partition coefficient (Wildman–Crippen LogP) is -0.499. The molecular weight excluding hydrogens is 200 g/mol. The lowest BCUT2D eigenvalue weighted by atomic mass is 10.3. The Hall–Kier alpha value is -1.31. The zero-order valence-corrected chi connectivity index (χ0v) is 7.54. The number of nitro groups is 1. The van der Waals surface area contributed by atoms with Gasteiger partial charge in [-0.25, -0.2) is 4.79 Å². The van der Waals surface area contributed by atoms with Crippen LogP contribution < -0.4 is 5.32 Å². The van der Waals surface area contributed by atoms with Gasteiger partial charge in [-0.1, -0.05) is 0 Å². The zero-order chi connectivity index (χ0) is 10.4. The van der Waals surface area contributed by atoms with Gasteiger partial charge in [-0.15, -0.1) is 0 Å². The lowest BCUT2D eigenvalue weighted by Crippen LogP contribution is -2.41. The molecule has 0 aromatic carbocycles. The second-order valence-electron chi connectivity index (χ2n) is 2.11. The van der Waals surface area contributed by atoms with E-state index in [1.165, 1.54) is 0 Å². The van der Waals surface area contributed by atoms with Crippen LogP contribution >= 0.6 is 11.9 Å². The topological polar surface area (TPSA) is 110 Å². The van der Waals surface area contributed by atoms with Gasteiger partial charge in [0.2, 0.25) is 17.9 Å². The van der Waals surface area contributed by atoms with Crippen LogP contribution in [0.2, 0.25) is 0 Å². The van der Waals surface area contributed by atoms with Crippen LogP contribution in [0, 0.1) is 10.1 Å². The third-order valence-corrected chi connectivity index (χ3v) is 1.72. The molecule has 0 spiro atoms. The Morgan fingerprint density at radius 1 is 1.69 bits per heavy atom. The highest BCUT2D eigenvalue weighted by Crippen LogP contribution is 2.02. The molecule has 8 heteroatoms. The lowest BCUT2D eigenvalue weighted by Gasteiger charge is -2.08. The predicted molar refractivity (Wildman–Crippen MR) is 44.7 cm³/mol. The first-order chi connectivity index (χ1) is 5.93. The fourth-order valence-electron chi connectivity index (χ4n) is 0.555. The van der Waals surface area contributed by atoms with E-state index in [2.05, 4.69) is 5.32 Å². The highest BCUT2D eigenvalue weighted by Gasteiger charge is 2.21. The maximum absolute atomic E-state index is 10.4. The molecule has 0 aliphatic carbocycles. The minimum atomic E-state index is -1.29. The highest BCUT2D eigenvalue weighted by molar-refractivity contribution is 7.93. The molecule has 0 saturated heterocycles. The van der Waals surface area contributed by atoms with E-state index in [9.17, 15) is 19.7 Å². The van der Waals surface area contributed by atoms with Gasteiger partial charge < -0.3 is 10.4 Å². The number of aliphatic carboxylic acids is 1. The number of nitrogens with zero attached hydrogens (tertiary/aromatic N) is 1. The Labute approximate surface area is 77.8 Å². The number of hydrogen-bond donors (Lipinski definition) is 2. The van der Waals surface area contributed by atoms with Crippen molar-refractivity contribution in [2.45, 2.75) is 13.0 Å². The van der Waals surface area contributed by atoms with Crippen LogP contribution in [0.5, 0.6) is 0 Å². The summed E-state index contributed by atoms with van der Waals surface area (Å²) in [6.07, 6.45) is 0. The molecule has 74 valence electrons. The van der Waals surface area contributed by atoms with Crippen molar-refractivity contribution in [2.75, 3.05) is 5.75 Å². The highest BCUT2D eigenvalue weighted by atomic mass is 32.2. The van der Waals surface area contributed by atoms with Gasteiger partial charge >= 0.3 is 5.97 Å². The summed E-state index contributed by atoms with van der Waals surface area (Å²) >= 11 is 0.236. The molecule has 0 aliphatic rings. The maximum atomic E-state index is 10.4. The second kappa shape index (κ2) is 5.36. The van der Waals surface area contributed by atoms with Crippen LogP contribution in [0.4, 0.5) is 0 Å². The Bertz CT molecular complexity index is 231. The smallest absolute Gasteiger partial charge is 0.327 e. The third-order valence-electron chi connectivity index (χ3n) is 1.02. The number of rotatable bonds is 5. The van der Waals surface area contributed by atoms with E-state index < -0.39 is 22.2 Å².